The molecule has 2 aromatic rings. The van der Waals surface area contributed by atoms with E-state index in [1.54, 1.807) is 27.7 Å². The van der Waals surface area contributed by atoms with Crippen molar-refractivity contribution in [2.45, 2.75) is 39.8 Å². The summed E-state index contributed by atoms with van der Waals surface area (Å²) in [6.07, 6.45) is 1.13. The predicted molar refractivity (Wildman–Crippen MR) is 90.0 cm³/mol. The molecule has 134 valence electrons. The van der Waals surface area contributed by atoms with Crippen molar-refractivity contribution in [1.29, 1.82) is 0 Å². The SMILES string of the molecule is CCOC(=O)c1cn(CC(=O)OC(C)(C)C)c2c(F)cccc2c1=O. The lowest BCUT2D eigenvalue weighted by molar-refractivity contribution is -0.155. The van der Waals surface area contributed by atoms with Crippen LogP contribution in [-0.2, 0) is 20.8 Å². The van der Waals surface area contributed by atoms with Crippen molar-refractivity contribution in [3.05, 3.63) is 46.0 Å². The van der Waals surface area contributed by atoms with Crippen LogP contribution in [0.3, 0.4) is 0 Å². The molecule has 0 bridgehead atoms. The molecule has 0 spiro atoms. The Morgan fingerprint density at radius 2 is 1.92 bits per heavy atom. The minimum Gasteiger partial charge on any atom is -0.462 e. The molecule has 2 rings (SSSR count). The first-order chi connectivity index (χ1) is 11.6. The van der Waals surface area contributed by atoms with Crippen LogP contribution in [0.2, 0.25) is 0 Å². The van der Waals surface area contributed by atoms with Crippen LogP contribution in [0, 0.1) is 5.82 Å². The van der Waals surface area contributed by atoms with E-state index in [-0.39, 0.29) is 29.6 Å². The van der Waals surface area contributed by atoms with E-state index in [9.17, 15) is 18.8 Å². The van der Waals surface area contributed by atoms with Gasteiger partial charge in [0.05, 0.1) is 12.1 Å². The van der Waals surface area contributed by atoms with Crippen molar-refractivity contribution in [1.82, 2.24) is 4.57 Å². The summed E-state index contributed by atoms with van der Waals surface area (Å²) < 4.78 is 25.6. The molecule has 0 amide bonds. The molecule has 25 heavy (non-hydrogen) atoms. The van der Waals surface area contributed by atoms with Crippen molar-refractivity contribution in [2.75, 3.05) is 6.61 Å². The highest BCUT2D eigenvalue weighted by atomic mass is 19.1. The Morgan fingerprint density at radius 3 is 2.52 bits per heavy atom. The second-order valence-corrected chi connectivity index (χ2v) is 6.44. The smallest absolute Gasteiger partial charge is 0.343 e. The van der Waals surface area contributed by atoms with E-state index in [0.29, 0.717) is 0 Å². The fourth-order valence-corrected chi connectivity index (χ4v) is 2.41. The van der Waals surface area contributed by atoms with Crippen LogP contribution in [0.1, 0.15) is 38.1 Å². The number of para-hydroxylation sites is 1. The molecule has 0 aliphatic rings. The molecule has 0 unspecified atom stereocenters. The van der Waals surface area contributed by atoms with Gasteiger partial charge in [-0.3, -0.25) is 9.59 Å². The summed E-state index contributed by atoms with van der Waals surface area (Å²) in [5.74, 6) is -2.11. The van der Waals surface area contributed by atoms with Crippen LogP contribution >= 0.6 is 0 Å². The Balaban J connectivity index is 2.61. The van der Waals surface area contributed by atoms with Crippen LogP contribution in [0.25, 0.3) is 10.9 Å². The van der Waals surface area contributed by atoms with Gasteiger partial charge in [-0.25, -0.2) is 9.18 Å². The summed E-state index contributed by atoms with van der Waals surface area (Å²) >= 11 is 0. The van der Waals surface area contributed by atoms with Crippen LogP contribution < -0.4 is 5.43 Å². The van der Waals surface area contributed by atoms with Crippen molar-refractivity contribution in [3.63, 3.8) is 0 Å². The topological polar surface area (TPSA) is 74.6 Å². The molecular formula is C18H20FNO5. The molecule has 0 atom stereocenters. The number of hydrogen-bond acceptors (Lipinski definition) is 5. The highest BCUT2D eigenvalue weighted by Crippen LogP contribution is 2.17. The molecule has 0 aliphatic heterocycles. The Bertz CT molecular complexity index is 879. The molecule has 1 aromatic heterocycles. The number of fused-ring (bicyclic) bond motifs is 1. The van der Waals surface area contributed by atoms with E-state index >= 15 is 0 Å². The van der Waals surface area contributed by atoms with Crippen LogP contribution in [0.4, 0.5) is 4.39 Å². The number of esters is 2. The molecule has 0 fully saturated rings. The number of aromatic nitrogens is 1. The number of pyridine rings is 1. The lowest BCUT2D eigenvalue weighted by Crippen LogP contribution is -2.28. The minimum absolute atomic E-state index is 0.00545. The highest BCUT2D eigenvalue weighted by molar-refractivity contribution is 5.94. The van der Waals surface area contributed by atoms with Crippen molar-refractivity contribution >= 4 is 22.8 Å². The normalized spacial score (nSPS) is 11.4. The Kier molecular flexibility index (Phi) is 5.25. The van der Waals surface area contributed by atoms with Crippen molar-refractivity contribution < 1.29 is 23.5 Å². The van der Waals surface area contributed by atoms with Gasteiger partial charge in [0, 0.05) is 11.6 Å². The first-order valence-electron chi connectivity index (χ1n) is 7.84. The van der Waals surface area contributed by atoms with Gasteiger partial charge < -0.3 is 14.0 Å². The highest BCUT2D eigenvalue weighted by Gasteiger charge is 2.21. The Hall–Kier alpha value is -2.70. The lowest BCUT2D eigenvalue weighted by Gasteiger charge is -2.20. The summed E-state index contributed by atoms with van der Waals surface area (Å²) in [7, 11) is 0. The zero-order valence-electron chi connectivity index (χ0n) is 14.6. The van der Waals surface area contributed by atoms with E-state index in [2.05, 4.69) is 0 Å². The lowest BCUT2D eigenvalue weighted by atomic mass is 10.1. The van der Waals surface area contributed by atoms with E-state index in [1.165, 1.54) is 22.8 Å². The number of ether oxygens (including phenoxy) is 2. The molecule has 1 heterocycles. The van der Waals surface area contributed by atoms with E-state index in [0.717, 1.165) is 6.20 Å². The van der Waals surface area contributed by atoms with E-state index in [4.69, 9.17) is 9.47 Å². The third kappa shape index (κ3) is 4.23. The largest absolute Gasteiger partial charge is 0.462 e. The molecule has 0 aliphatic carbocycles. The van der Waals surface area contributed by atoms with Gasteiger partial charge >= 0.3 is 11.9 Å². The van der Waals surface area contributed by atoms with E-state index in [1.807, 2.05) is 0 Å². The van der Waals surface area contributed by atoms with Gasteiger partial charge in [0.1, 0.15) is 23.5 Å². The van der Waals surface area contributed by atoms with Gasteiger partial charge in [-0.05, 0) is 39.8 Å². The maximum absolute atomic E-state index is 14.3. The molecule has 6 nitrogen and oxygen atoms in total. The monoisotopic (exact) mass is 349 g/mol. The number of nitrogens with zero attached hydrogens (tertiary/aromatic N) is 1. The van der Waals surface area contributed by atoms with Crippen molar-refractivity contribution in [3.8, 4) is 0 Å². The van der Waals surface area contributed by atoms with Gasteiger partial charge in [0.2, 0.25) is 5.43 Å². The number of carbonyl (C=O) groups excluding carboxylic acids is 2. The standard InChI is InChI=1S/C18H20FNO5/c1-5-24-17(23)12-9-20(10-14(21)25-18(2,3)4)15-11(16(12)22)7-6-8-13(15)19/h6-9H,5,10H2,1-4H3. The number of carbonyl (C=O) groups is 2. The first kappa shape index (κ1) is 18.6. The van der Waals surface area contributed by atoms with Gasteiger partial charge in [-0.1, -0.05) is 6.07 Å². The summed E-state index contributed by atoms with van der Waals surface area (Å²) in [6, 6.07) is 3.94. The van der Waals surface area contributed by atoms with Crippen molar-refractivity contribution in [2.24, 2.45) is 0 Å². The quantitative estimate of drug-likeness (QED) is 0.794. The third-order valence-electron chi connectivity index (χ3n) is 3.26. The second-order valence-electron chi connectivity index (χ2n) is 6.44. The molecule has 7 heteroatoms. The first-order valence-corrected chi connectivity index (χ1v) is 7.84. The molecule has 0 saturated carbocycles. The molecule has 0 N–H and O–H groups in total. The van der Waals surface area contributed by atoms with Crippen LogP contribution in [0.5, 0.6) is 0 Å². The Labute approximate surface area is 144 Å². The van der Waals surface area contributed by atoms with E-state index < -0.39 is 28.8 Å². The van der Waals surface area contributed by atoms with Crippen LogP contribution in [-0.4, -0.2) is 28.7 Å². The maximum atomic E-state index is 14.3. The average Bonchev–Trinajstić information content (AvgIpc) is 2.48. The molecular weight excluding hydrogens is 329 g/mol. The molecule has 0 saturated heterocycles. The zero-order chi connectivity index (χ0) is 18.8. The Morgan fingerprint density at radius 1 is 1.24 bits per heavy atom. The second kappa shape index (κ2) is 7.04. The summed E-state index contributed by atoms with van der Waals surface area (Å²) in [4.78, 5) is 36.6. The average molecular weight is 349 g/mol. The molecule has 0 radical (unpaired) electrons. The van der Waals surface area contributed by atoms with Gasteiger partial charge in [-0.2, -0.15) is 0 Å². The fraction of sp³-hybridized carbons (Fsp3) is 0.389. The number of rotatable bonds is 4. The summed E-state index contributed by atoms with van der Waals surface area (Å²) in [6.45, 7) is 6.47. The number of hydrogen-bond donors (Lipinski definition) is 0. The predicted octanol–water partition coefficient (Wildman–Crippen LogP) is 2.66. The third-order valence-corrected chi connectivity index (χ3v) is 3.26. The summed E-state index contributed by atoms with van der Waals surface area (Å²) in [5.41, 5.74) is -1.68. The van der Waals surface area contributed by atoms with Gasteiger partial charge in [0.15, 0.2) is 0 Å². The maximum Gasteiger partial charge on any atom is 0.343 e. The number of halogens is 1. The zero-order valence-corrected chi connectivity index (χ0v) is 14.6. The minimum atomic E-state index is -0.823. The van der Waals surface area contributed by atoms with Gasteiger partial charge in [-0.15, -0.1) is 0 Å². The van der Waals surface area contributed by atoms with Crippen LogP contribution in [0.15, 0.2) is 29.2 Å². The number of benzene rings is 1. The van der Waals surface area contributed by atoms with Gasteiger partial charge in [0.25, 0.3) is 0 Å². The molecule has 1 aromatic carbocycles. The fourth-order valence-electron chi connectivity index (χ4n) is 2.41. The summed E-state index contributed by atoms with van der Waals surface area (Å²) in [5, 5.41) is -0.00545.